The maximum atomic E-state index is 9.47. The van der Waals surface area contributed by atoms with Crippen molar-refractivity contribution in [3.63, 3.8) is 0 Å². The molecule has 68 valence electrons. The first-order valence-electron chi connectivity index (χ1n) is 3.58. The van der Waals surface area contributed by atoms with Crippen molar-refractivity contribution in [1.29, 1.82) is 0 Å². The van der Waals surface area contributed by atoms with E-state index in [2.05, 4.69) is 0 Å². The van der Waals surface area contributed by atoms with Gasteiger partial charge in [0.25, 0.3) is 0 Å². The second-order valence-corrected chi connectivity index (χ2v) is 6.06. The zero-order chi connectivity index (χ0) is 9.07. The molecule has 0 unspecified atom stereocenters. The van der Waals surface area contributed by atoms with Crippen LogP contribution in [-0.2, 0) is 0 Å². The normalized spacial score (nSPS) is 13.1. The molecule has 0 saturated heterocycles. The van der Waals surface area contributed by atoms with Crippen LogP contribution in [0.1, 0.15) is 0 Å². The minimum absolute atomic E-state index is 0.394. The van der Waals surface area contributed by atoms with E-state index in [-0.39, 0.29) is 0 Å². The van der Waals surface area contributed by atoms with Crippen molar-refractivity contribution in [2.45, 2.75) is 0 Å². The fourth-order valence-electron chi connectivity index (χ4n) is 1.06. The van der Waals surface area contributed by atoms with E-state index in [9.17, 15) is 9.59 Å². The fourth-order valence-corrected chi connectivity index (χ4v) is 3.19. The minimum Gasteiger partial charge on any atom is -0.409 e. The fraction of sp³-hybridized carbons (Fsp3) is 1.00. The molecule has 0 aromatic rings. The van der Waals surface area contributed by atoms with E-state index in [1.165, 1.54) is 0 Å². The van der Waals surface area contributed by atoms with Crippen LogP contribution in [0.4, 0.5) is 0 Å². The van der Waals surface area contributed by atoms with E-state index < -0.39 is 8.56 Å². The van der Waals surface area contributed by atoms with Crippen LogP contribution >= 0.6 is 0 Å². The summed E-state index contributed by atoms with van der Waals surface area (Å²) in [5, 5.41) is 0. The number of hydrogen-bond donors (Lipinski definition) is 2. The third-order valence-corrected chi connectivity index (χ3v) is 3.42. The highest BCUT2D eigenvalue weighted by Gasteiger charge is 2.30. The summed E-state index contributed by atoms with van der Waals surface area (Å²) in [6, 6.07) is 0. The third kappa shape index (κ3) is 6.45. The van der Waals surface area contributed by atoms with E-state index in [0.717, 1.165) is 0 Å². The summed E-state index contributed by atoms with van der Waals surface area (Å²) in [5.74, 6) is 0. The number of hydrogen-bond acceptors (Lipinski definition) is 4. The highest BCUT2D eigenvalue weighted by Crippen LogP contribution is 1.95. The molecule has 11 heavy (non-hydrogen) atoms. The molecule has 0 amide bonds. The molecule has 0 bridgehead atoms. The summed E-state index contributed by atoms with van der Waals surface area (Å²) >= 11 is 0. The van der Waals surface area contributed by atoms with Gasteiger partial charge >= 0.3 is 8.56 Å². The lowest BCUT2D eigenvalue weighted by Gasteiger charge is -2.24. The molecule has 4 nitrogen and oxygen atoms in total. The first-order chi connectivity index (χ1) is 4.83. The van der Waals surface area contributed by atoms with Gasteiger partial charge in [-0.15, -0.1) is 0 Å². The topological polar surface area (TPSA) is 46.9 Å². The van der Waals surface area contributed by atoms with Crippen LogP contribution in [0.2, 0.25) is 0 Å². The van der Waals surface area contributed by atoms with Gasteiger partial charge in [-0.05, 0) is 28.2 Å². The van der Waals surface area contributed by atoms with E-state index in [0.29, 0.717) is 12.3 Å². The van der Waals surface area contributed by atoms with Gasteiger partial charge < -0.3 is 19.4 Å². The molecule has 0 saturated carbocycles. The lowest BCUT2D eigenvalue weighted by atomic mass is 11.0. The Kier molecular flexibility index (Phi) is 4.20. The molecule has 0 radical (unpaired) electrons. The molecule has 0 spiro atoms. The van der Waals surface area contributed by atoms with Gasteiger partial charge in [0.15, 0.2) is 0 Å². The maximum absolute atomic E-state index is 9.47. The minimum atomic E-state index is -2.98. The lowest BCUT2D eigenvalue weighted by Crippen LogP contribution is -2.53. The second-order valence-electron chi connectivity index (χ2n) is 3.46. The average Bonchev–Trinajstić information content (AvgIpc) is 1.53. The highest BCUT2D eigenvalue weighted by atomic mass is 28.4. The van der Waals surface area contributed by atoms with Crippen molar-refractivity contribution in [2.75, 3.05) is 40.5 Å². The van der Waals surface area contributed by atoms with Crippen LogP contribution in [0.25, 0.3) is 0 Å². The zero-order valence-electron chi connectivity index (χ0n) is 7.70. The van der Waals surface area contributed by atoms with Crippen molar-refractivity contribution in [1.82, 2.24) is 9.80 Å². The largest absolute Gasteiger partial charge is 0.409 e. The summed E-state index contributed by atoms with van der Waals surface area (Å²) < 4.78 is 0. The third-order valence-electron chi connectivity index (χ3n) is 1.14. The Balaban J connectivity index is 3.79. The van der Waals surface area contributed by atoms with Crippen LogP contribution in [0, 0.1) is 0 Å². The summed E-state index contributed by atoms with van der Waals surface area (Å²) in [7, 11) is 4.37. The van der Waals surface area contributed by atoms with Crippen molar-refractivity contribution in [3.8, 4) is 0 Å². The van der Waals surface area contributed by atoms with Crippen LogP contribution in [0.15, 0.2) is 0 Å². The standard InChI is InChI=1S/C6H18N2O2Si/c1-7(2)5-11(9,10)6-8(3)4/h9-10H,5-6H2,1-4H3. The Morgan fingerprint density at radius 1 is 0.909 bits per heavy atom. The van der Waals surface area contributed by atoms with Gasteiger partial charge in [-0.25, -0.2) is 0 Å². The Bertz CT molecular complexity index is 105. The molecule has 0 heterocycles. The smallest absolute Gasteiger partial charge is 0.361 e. The second kappa shape index (κ2) is 4.17. The van der Waals surface area contributed by atoms with Crippen LogP contribution in [0.3, 0.4) is 0 Å². The molecule has 0 aliphatic rings. The van der Waals surface area contributed by atoms with Crippen molar-refractivity contribution >= 4 is 8.56 Å². The van der Waals surface area contributed by atoms with Gasteiger partial charge in [0.1, 0.15) is 0 Å². The molecule has 0 atom stereocenters. The molecule has 0 fully saturated rings. The monoisotopic (exact) mass is 178 g/mol. The van der Waals surface area contributed by atoms with E-state index >= 15 is 0 Å². The van der Waals surface area contributed by atoms with E-state index in [4.69, 9.17) is 0 Å². The zero-order valence-corrected chi connectivity index (χ0v) is 8.70. The SMILES string of the molecule is CN(C)C[Si](O)(O)CN(C)C. The molecule has 2 N–H and O–H groups in total. The molecular weight excluding hydrogens is 160 g/mol. The predicted octanol–water partition coefficient (Wildman–Crippen LogP) is -1.39. The van der Waals surface area contributed by atoms with Gasteiger partial charge in [-0.3, -0.25) is 0 Å². The Morgan fingerprint density at radius 3 is 1.36 bits per heavy atom. The Hall–Kier alpha value is 0.0569. The van der Waals surface area contributed by atoms with Gasteiger partial charge in [0.2, 0.25) is 0 Å². The van der Waals surface area contributed by atoms with Gasteiger partial charge in [0, 0.05) is 12.3 Å². The summed E-state index contributed by atoms with van der Waals surface area (Å²) in [5.41, 5.74) is 0. The summed E-state index contributed by atoms with van der Waals surface area (Å²) in [4.78, 5) is 22.5. The molecule has 0 rings (SSSR count). The van der Waals surface area contributed by atoms with Gasteiger partial charge in [-0.1, -0.05) is 0 Å². The molecule has 0 aliphatic heterocycles. The summed E-state index contributed by atoms with van der Waals surface area (Å²) in [6.45, 7) is 0. The Labute approximate surface area is 69.3 Å². The quantitative estimate of drug-likeness (QED) is 0.521. The van der Waals surface area contributed by atoms with Crippen molar-refractivity contribution < 1.29 is 9.59 Å². The maximum Gasteiger partial charge on any atom is 0.361 e. The van der Waals surface area contributed by atoms with E-state index in [1.54, 1.807) is 9.80 Å². The molecule has 5 heteroatoms. The van der Waals surface area contributed by atoms with Gasteiger partial charge in [-0.2, -0.15) is 0 Å². The first kappa shape index (κ1) is 11.1. The molecule has 0 aliphatic carbocycles. The first-order valence-corrected chi connectivity index (χ1v) is 5.88. The van der Waals surface area contributed by atoms with Crippen LogP contribution in [-0.4, -0.2) is 68.5 Å². The molecular formula is C6H18N2O2Si. The Morgan fingerprint density at radius 2 is 1.18 bits per heavy atom. The predicted molar refractivity (Wildman–Crippen MR) is 47.3 cm³/mol. The van der Waals surface area contributed by atoms with Crippen LogP contribution in [0.5, 0.6) is 0 Å². The number of rotatable bonds is 4. The van der Waals surface area contributed by atoms with Crippen molar-refractivity contribution in [2.24, 2.45) is 0 Å². The summed E-state index contributed by atoms with van der Waals surface area (Å²) in [6.07, 6.45) is 0.788. The lowest BCUT2D eigenvalue weighted by molar-refractivity contribution is 0.285. The van der Waals surface area contributed by atoms with E-state index in [1.807, 2.05) is 28.2 Å². The van der Waals surface area contributed by atoms with Crippen LogP contribution < -0.4 is 0 Å². The average molecular weight is 178 g/mol. The van der Waals surface area contributed by atoms with Crippen molar-refractivity contribution in [3.05, 3.63) is 0 Å². The van der Waals surface area contributed by atoms with Gasteiger partial charge in [0.05, 0.1) is 0 Å². The molecule has 0 aromatic carbocycles. The molecule has 0 aromatic heterocycles. The number of nitrogens with zero attached hydrogens (tertiary/aromatic N) is 2. The highest BCUT2D eigenvalue weighted by molar-refractivity contribution is 6.65.